The molecule has 0 heterocycles. The van der Waals surface area contributed by atoms with Gasteiger partial charge in [-0.2, -0.15) is 0 Å². The fourth-order valence-electron chi connectivity index (χ4n) is 3.52. The Bertz CT molecular complexity index is 959. The normalized spacial score (nSPS) is 13.4. The van der Waals surface area contributed by atoms with Crippen LogP contribution in [0.3, 0.4) is 0 Å². The van der Waals surface area contributed by atoms with Crippen molar-refractivity contribution < 1.29 is 38.4 Å². The van der Waals surface area contributed by atoms with Crippen molar-refractivity contribution in [2.45, 2.75) is 97.5 Å². The summed E-state index contributed by atoms with van der Waals surface area (Å²) in [4.78, 5) is 53.7. The largest absolute Gasteiger partial charge is 0.469 e. The van der Waals surface area contributed by atoms with Crippen molar-refractivity contribution in [1.82, 2.24) is 10.6 Å². The summed E-state index contributed by atoms with van der Waals surface area (Å²) in [5.41, 5.74) is -1.26. The minimum Gasteiger partial charge on any atom is -0.383 e. The van der Waals surface area contributed by atoms with Crippen molar-refractivity contribution in [3.8, 4) is 0 Å². The van der Waals surface area contributed by atoms with E-state index in [1.807, 2.05) is 0 Å². The van der Waals surface area contributed by atoms with Gasteiger partial charge in [0.25, 0.3) is 0 Å². The smallest absolute Gasteiger partial charge is 0.383 e. The molecule has 246 valence electrons. The summed E-state index contributed by atoms with van der Waals surface area (Å²) >= 11 is 1.18. The number of phosphoric ester groups is 1. The number of phosphoric acid groups is 1. The molecule has 0 aromatic heterocycles. The molecule has 0 saturated carbocycles. The van der Waals surface area contributed by atoms with Crippen molar-refractivity contribution in [3.63, 3.8) is 0 Å². The summed E-state index contributed by atoms with van der Waals surface area (Å²) < 4.78 is 15.2. The van der Waals surface area contributed by atoms with Gasteiger partial charge in [0, 0.05) is 37.1 Å². The number of nitrogens with one attached hydrogen (secondary N) is 2. The van der Waals surface area contributed by atoms with E-state index in [0.717, 1.165) is 32.1 Å². The lowest BCUT2D eigenvalue weighted by Gasteiger charge is -2.29. The Balaban J connectivity index is 3.82. The van der Waals surface area contributed by atoms with E-state index in [4.69, 9.17) is 9.79 Å². The zero-order chi connectivity index (χ0) is 32.4. The molecule has 0 radical (unpaired) electrons. The number of thioether (sulfide) groups is 1. The fourth-order valence-corrected chi connectivity index (χ4v) is 4.74. The number of carbonyl (C=O) groups is 3. The average Bonchev–Trinajstić information content (AvgIpc) is 2.95. The Labute approximate surface area is 262 Å². The molecule has 0 aliphatic heterocycles. The third kappa shape index (κ3) is 26.1. The molecule has 10 nitrogen and oxygen atoms in total. The van der Waals surface area contributed by atoms with Crippen LogP contribution in [0.1, 0.15) is 91.4 Å². The number of carbonyl (C=O) groups excluding carboxylic acids is 3. The first-order valence-corrected chi connectivity index (χ1v) is 17.6. The average molecular weight is 645 g/mol. The molecule has 0 aliphatic carbocycles. The van der Waals surface area contributed by atoms with E-state index in [2.05, 4.69) is 70.7 Å². The van der Waals surface area contributed by atoms with Crippen molar-refractivity contribution in [1.29, 1.82) is 0 Å². The van der Waals surface area contributed by atoms with E-state index in [9.17, 15) is 24.1 Å². The van der Waals surface area contributed by atoms with Gasteiger partial charge in [-0.25, -0.2) is 4.57 Å². The van der Waals surface area contributed by atoms with Gasteiger partial charge in [-0.3, -0.25) is 18.9 Å². The van der Waals surface area contributed by atoms with Gasteiger partial charge >= 0.3 is 7.82 Å². The second-order valence-electron chi connectivity index (χ2n) is 10.7. The predicted molar refractivity (Wildman–Crippen MR) is 174 cm³/mol. The van der Waals surface area contributed by atoms with Crippen LogP contribution in [0.2, 0.25) is 0 Å². The molecule has 43 heavy (non-hydrogen) atoms. The summed E-state index contributed by atoms with van der Waals surface area (Å²) in [7, 11) is -4.73. The van der Waals surface area contributed by atoms with Gasteiger partial charge in [-0.15, -0.1) is 0 Å². The van der Waals surface area contributed by atoms with Crippen LogP contribution >= 0.6 is 19.6 Å². The zero-order valence-corrected chi connectivity index (χ0v) is 27.8. The van der Waals surface area contributed by atoms with Crippen molar-refractivity contribution >= 4 is 36.5 Å². The van der Waals surface area contributed by atoms with Crippen molar-refractivity contribution in [2.24, 2.45) is 5.41 Å². The Hall–Kier alpha value is -2.01. The van der Waals surface area contributed by atoms with Crippen LogP contribution < -0.4 is 10.6 Å². The zero-order valence-electron chi connectivity index (χ0n) is 26.0. The number of amides is 2. The lowest BCUT2D eigenvalue weighted by molar-refractivity contribution is -0.137. The standard InChI is InChI=1S/C31H53N2O8PS/c1-4-5-6-7-8-9-10-11-12-13-14-15-16-17-18-19-20-21-28(35)43-25-24-32-27(34)22-23-33-30(37)29(36)31(2,3)26-41-42(38,39)40/h8-9,11-12,14-15,17-18,29,36H,4-7,10,13,16,19-26H2,1-3H3,(H,32,34)(H,33,37)(H2,38,39,40)/b9-8-,12-11-,15-14-,18-17-/t29-/m0/s1. The van der Waals surface area contributed by atoms with E-state index >= 15 is 0 Å². The Kier molecular flexibility index (Phi) is 24.1. The van der Waals surface area contributed by atoms with Gasteiger partial charge in [-0.1, -0.05) is 94.0 Å². The molecular weight excluding hydrogens is 591 g/mol. The van der Waals surface area contributed by atoms with Crippen molar-refractivity contribution in [3.05, 3.63) is 48.6 Å². The maximum absolute atomic E-state index is 12.1. The van der Waals surface area contributed by atoms with Gasteiger partial charge in [0.15, 0.2) is 5.12 Å². The molecule has 0 fully saturated rings. The molecule has 0 aliphatic rings. The second-order valence-corrected chi connectivity index (χ2v) is 13.1. The van der Waals surface area contributed by atoms with Crippen LogP contribution in [-0.4, -0.2) is 63.4 Å². The molecule has 0 aromatic carbocycles. The Morgan fingerprint density at radius 2 is 1.40 bits per heavy atom. The number of aliphatic hydroxyl groups is 1. The first-order valence-electron chi connectivity index (χ1n) is 15.1. The molecule has 0 unspecified atom stereocenters. The molecule has 0 saturated heterocycles. The van der Waals surface area contributed by atoms with Gasteiger partial charge in [0.05, 0.1) is 6.61 Å². The number of unbranched alkanes of at least 4 members (excludes halogenated alkanes) is 4. The lowest BCUT2D eigenvalue weighted by atomic mass is 9.87. The maximum atomic E-state index is 12.1. The van der Waals surface area contributed by atoms with Gasteiger partial charge in [0.2, 0.25) is 11.8 Å². The topological polar surface area (TPSA) is 162 Å². The highest BCUT2D eigenvalue weighted by Crippen LogP contribution is 2.38. The van der Waals surface area contributed by atoms with Crippen LogP contribution in [0.4, 0.5) is 0 Å². The highest BCUT2D eigenvalue weighted by molar-refractivity contribution is 8.13. The highest BCUT2D eigenvalue weighted by Gasteiger charge is 2.35. The Morgan fingerprint density at radius 1 is 0.837 bits per heavy atom. The summed E-state index contributed by atoms with van der Waals surface area (Å²) in [6.45, 7) is 4.81. The fraction of sp³-hybridized carbons (Fsp3) is 0.645. The molecule has 0 rings (SSSR count). The molecule has 1 atom stereocenters. The van der Waals surface area contributed by atoms with Crippen LogP contribution in [0, 0.1) is 5.41 Å². The summed E-state index contributed by atoms with van der Waals surface area (Å²) in [6, 6.07) is 0. The van der Waals surface area contributed by atoms with Gasteiger partial charge in [-0.05, 0) is 44.9 Å². The third-order valence-corrected chi connectivity index (χ3v) is 7.54. The van der Waals surface area contributed by atoms with E-state index in [0.29, 0.717) is 18.7 Å². The first-order chi connectivity index (χ1) is 20.4. The molecular formula is C31H53N2O8PS. The molecule has 0 spiro atoms. The molecule has 12 heteroatoms. The quantitative estimate of drug-likeness (QED) is 0.0490. The van der Waals surface area contributed by atoms with Crippen LogP contribution in [0.25, 0.3) is 0 Å². The number of aliphatic hydroxyl groups excluding tert-OH is 1. The van der Waals surface area contributed by atoms with Gasteiger partial charge < -0.3 is 25.5 Å². The van der Waals surface area contributed by atoms with Crippen LogP contribution in [0.15, 0.2) is 48.6 Å². The minimum absolute atomic E-state index is 0.0223. The molecule has 2 amide bonds. The summed E-state index contributed by atoms with van der Waals surface area (Å²) in [5, 5.41) is 15.3. The Morgan fingerprint density at radius 3 is 1.95 bits per heavy atom. The molecule has 5 N–H and O–H groups in total. The maximum Gasteiger partial charge on any atom is 0.469 e. The number of hydrogen-bond donors (Lipinski definition) is 5. The number of allylic oxidation sites excluding steroid dienone is 8. The number of hydrogen-bond acceptors (Lipinski definition) is 7. The predicted octanol–water partition coefficient (Wildman–Crippen LogP) is 5.51. The molecule has 0 aromatic rings. The SMILES string of the molecule is CCCCC/C=C\C/C=C\C/C=C\C/C=C\CCCC(=O)SCCNC(=O)CCNC(=O)[C@H](O)C(C)(C)COP(=O)(O)O. The molecule has 0 bridgehead atoms. The van der Waals surface area contributed by atoms with Crippen LogP contribution in [0.5, 0.6) is 0 Å². The first kappa shape index (κ1) is 41.0. The summed E-state index contributed by atoms with van der Waals surface area (Å²) in [5.74, 6) is -0.639. The van der Waals surface area contributed by atoms with Crippen LogP contribution in [-0.2, 0) is 23.5 Å². The summed E-state index contributed by atoms with van der Waals surface area (Å²) in [6.07, 6.45) is 25.7. The van der Waals surface area contributed by atoms with E-state index in [1.165, 1.54) is 51.3 Å². The highest BCUT2D eigenvalue weighted by atomic mass is 32.2. The monoisotopic (exact) mass is 644 g/mol. The lowest BCUT2D eigenvalue weighted by Crippen LogP contribution is -2.46. The second kappa shape index (κ2) is 25.3. The van der Waals surface area contributed by atoms with E-state index in [-0.39, 0.29) is 24.0 Å². The third-order valence-electron chi connectivity index (χ3n) is 6.14. The minimum atomic E-state index is -4.73. The van der Waals surface area contributed by atoms with E-state index < -0.39 is 31.9 Å². The van der Waals surface area contributed by atoms with Gasteiger partial charge in [0.1, 0.15) is 6.10 Å². The van der Waals surface area contributed by atoms with Crippen molar-refractivity contribution in [2.75, 3.05) is 25.4 Å². The number of rotatable bonds is 25. The van der Waals surface area contributed by atoms with E-state index in [1.54, 1.807) is 0 Å².